The van der Waals surface area contributed by atoms with Crippen LogP contribution in [0.4, 0.5) is 0 Å². The molecule has 0 unspecified atom stereocenters. The number of aromatic amines is 1. The molecule has 3 heteroatoms. The predicted molar refractivity (Wildman–Crippen MR) is 80.8 cm³/mol. The molecule has 1 N–H and O–H groups in total. The van der Waals surface area contributed by atoms with Crippen LogP contribution in [0.1, 0.15) is 47.3 Å². The molecule has 0 atom stereocenters. The highest BCUT2D eigenvalue weighted by molar-refractivity contribution is 6.05. The minimum absolute atomic E-state index is 0.290. The highest BCUT2D eigenvalue weighted by atomic mass is 16.5. The van der Waals surface area contributed by atoms with E-state index in [0.717, 1.165) is 34.9 Å². The van der Waals surface area contributed by atoms with Crippen LogP contribution in [0.3, 0.4) is 0 Å². The first-order valence-corrected chi connectivity index (χ1v) is 7.11. The maximum absolute atomic E-state index is 12.1. The van der Waals surface area contributed by atoms with Crippen LogP contribution < -0.4 is 0 Å². The van der Waals surface area contributed by atoms with Crippen molar-refractivity contribution in [3.8, 4) is 0 Å². The number of aromatic nitrogens is 1. The number of ether oxygens (including phenoxy) is 1. The first-order chi connectivity index (χ1) is 9.72. The number of allylic oxidation sites excluding steroid dienone is 2. The molecule has 2 aromatic rings. The van der Waals surface area contributed by atoms with Crippen LogP contribution in [-0.4, -0.2) is 18.1 Å². The molecule has 0 spiro atoms. The molecule has 1 aromatic heterocycles. The molecule has 1 heterocycles. The third-order valence-corrected chi connectivity index (χ3v) is 4.04. The number of carbonyl (C=O) groups excluding carboxylic acids is 1. The number of aryl methyl sites for hydroxylation is 1. The lowest BCUT2D eigenvalue weighted by molar-refractivity contribution is 0.0594. The van der Waals surface area contributed by atoms with Gasteiger partial charge in [0, 0.05) is 16.5 Å². The first-order valence-electron chi connectivity index (χ1n) is 7.11. The van der Waals surface area contributed by atoms with Gasteiger partial charge in [-0.05, 0) is 43.7 Å². The zero-order valence-corrected chi connectivity index (χ0v) is 12.0. The number of para-hydroxylation sites is 1. The first kappa shape index (κ1) is 13.0. The van der Waals surface area contributed by atoms with E-state index in [1.165, 1.54) is 25.5 Å². The molecule has 1 aliphatic rings. The summed E-state index contributed by atoms with van der Waals surface area (Å²) in [5.41, 5.74) is 5.08. The quantitative estimate of drug-likeness (QED) is 0.829. The number of methoxy groups -OCH3 is 1. The van der Waals surface area contributed by atoms with Gasteiger partial charge in [0.05, 0.1) is 7.11 Å². The Morgan fingerprint density at radius 1 is 1.30 bits per heavy atom. The van der Waals surface area contributed by atoms with Gasteiger partial charge in [-0.3, -0.25) is 0 Å². The predicted octanol–water partition coefficient (Wildman–Crippen LogP) is 4.22. The molecule has 0 radical (unpaired) electrons. The maximum Gasteiger partial charge on any atom is 0.355 e. The molecule has 1 aromatic carbocycles. The van der Waals surface area contributed by atoms with Crippen molar-refractivity contribution in [3.63, 3.8) is 0 Å². The second-order valence-corrected chi connectivity index (χ2v) is 5.34. The largest absolute Gasteiger partial charge is 0.464 e. The Kier molecular flexibility index (Phi) is 3.35. The number of hydrogen-bond donors (Lipinski definition) is 1. The van der Waals surface area contributed by atoms with Crippen molar-refractivity contribution < 1.29 is 9.53 Å². The van der Waals surface area contributed by atoms with Gasteiger partial charge in [-0.25, -0.2) is 4.79 Å². The molecule has 0 bridgehead atoms. The van der Waals surface area contributed by atoms with Crippen LogP contribution in [0, 0.1) is 6.92 Å². The van der Waals surface area contributed by atoms with Gasteiger partial charge in [0.2, 0.25) is 0 Å². The summed E-state index contributed by atoms with van der Waals surface area (Å²) in [5, 5.41) is 1.12. The lowest BCUT2D eigenvalue weighted by atomic mass is 9.91. The lowest BCUT2D eigenvalue weighted by Crippen LogP contribution is -2.05. The smallest absolute Gasteiger partial charge is 0.355 e. The third-order valence-electron chi connectivity index (χ3n) is 4.04. The third kappa shape index (κ3) is 2.03. The fourth-order valence-corrected chi connectivity index (χ4v) is 3.02. The Morgan fingerprint density at radius 3 is 2.85 bits per heavy atom. The van der Waals surface area contributed by atoms with Crippen LogP contribution in [0.25, 0.3) is 16.5 Å². The Hall–Kier alpha value is -2.03. The lowest BCUT2D eigenvalue weighted by Gasteiger charge is -2.13. The summed E-state index contributed by atoms with van der Waals surface area (Å²) in [6.45, 7) is 2.05. The summed E-state index contributed by atoms with van der Waals surface area (Å²) in [7, 11) is 1.43. The number of benzene rings is 1. The van der Waals surface area contributed by atoms with Crippen molar-refractivity contribution in [2.24, 2.45) is 0 Å². The average molecular weight is 269 g/mol. The van der Waals surface area contributed by atoms with E-state index in [9.17, 15) is 4.79 Å². The SMILES string of the molecule is COC(=O)c1[nH]c2c(C)cccc2c1C1=CCCCC1. The summed E-state index contributed by atoms with van der Waals surface area (Å²) in [6, 6.07) is 6.18. The molecule has 0 saturated heterocycles. The number of rotatable bonds is 2. The van der Waals surface area contributed by atoms with Gasteiger partial charge in [-0.15, -0.1) is 0 Å². The van der Waals surface area contributed by atoms with Crippen molar-refractivity contribution >= 4 is 22.4 Å². The molecule has 104 valence electrons. The van der Waals surface area contributed by atoms with Gasteiger partial charge in [-0.1, -0.05) is 24.3 Å². The molecule has 20 heavy (non-hydrogen) atoms. The number of esters is 1. The van der Waals surface area contributed by atoms with E-state index in [1.807, 2.05) is 6.07 Å². The standard InChI is InChI=1S/C17H19NO2/c1-11-7-6-10-13-14(12-8-4-3-5-9-12)16(17(19)20-2)18-15(11)13/h6-8,10,18H,3-5,9H2,1-2H3. The zero-order valence-electron chi connectivity index (χ0n) is 12.0. The van der Waals surface area contributed by atoms with Crippen molar-refractivity contribution in [2.45, 2.75) is 32.6 Å². The van der Waals surface area contributed by atoms with Gasteiger partial charge in [0.1, 0.15) is 5.69 Å². The summed E-state index contributed by atoms with van der Waals surface area (Å²) in [6.07, 6.45) is 6.81. The Bertz CT molecular complexity index is 694. The molecule has 3 rings (SSSR count). The number of nitrogens with one attached hydrogen (secondary N) is 1. The summed E-state index contributed by atoms with van der Waals surface area (Å²) in [4.78, 5) is 15.3. The molecule has 0 aliphatic heterocycles. The normalized spacial score (nSPS) is 15.2. The van der Waals surface area contributed by atoms with Gasteiger partial charge in [-0.2, -0.15) is 0 Å². The number of carbonyl (C=O) groups is 1. The summed E-state index contributed by atoms with van der Waals surface area (Å²) in [5.74, 6) is -0.290. The fraction of sp³-hybridized carbons (Fsp3) is 0.353. The summed E-state index contributed by atoms with van der Waals surface area (Å²) < 4.78 is 4.94. The molecule has 0 amide bonds. The van der Waals surface area contributed by atoms with Gasteiger partial charge >= 0.3 is 5.97 Å². The van der Waals surface area contributed by atoms with Crippen molar-refractivity contribution in [3.05, 3.63) is 41.1 Å². The van der Waals surface area contributed by atoms with Gasteiger partial charge < -0.3 is 9.72 Å². The van der Waals surface area contributed by atoms with E-state index in [1.54, 1.807) is 0 Å². The van der Waals surface area contributed by atoms with Gasteiger partial charge in [0.25, 0.3) is 0 Å². The monoisotopic (exact) mass is 269 g/mol. The van der Waals surface area contributed by atoms with Gasteiger partial charge in [0.15, 0.2) is 0 Å². The van der Waals surface area contributed by atoms with Crippen LogP contribution in [0.15, 0.2) is 24.3 Å². The minimum Gasteiger partial charge on any atom is -0.464 e. The highest BCUT2D eigenvalue weighted by Crippen LogP contribution is 2.35. The van der Waals surface area contributed by atoms with Crippen molar-refractivity contribution in [1.82, 2.24) is 4.98 Å². The van der Waals surface area contributed by atoms with E-state index in [-0.39, 0.29) is 5.97 Å². The fourth-order valence-electron chi connectivity index (χ4n) is 3.02. The van der Waals surface area contributed by atoms with Crippen molar-refractivity contribution in [1.29, 1.82) is 0 Å². The Labute approximate surface area is 118 Å². The second kappa shape index (κ2) is 5.16. The number of hydrogen-bond acceptors (Lipinski definition) is 2. The zero-order chi connectivity index (χ0) is 14.1. The van der Waals surface area contributed by atoms with Crippen LogP contribution in [0.2, 0.25) is 0 Å². The van der Waals surface area contributed by atoms with Crippen LogP contribution in [-0.2, 0) is 4.74 Å². The highest BCUT2D eigenvalue weighted by Gasteiger charge is 2.22. The molecule has 0 saturated carbocycles. The topological polar surface area (TPSA) is 42.1 Å². The summed E-state index contributed by atoms with van der Waals surface area (Å²) >= 11 is 0. The number of fused-ring (bicyclic) bond motifs is 1. The van der Waals surface area contributed by atoms with E-state index in [0.29, 0.717) is 5.69 Å². The van der Waals surface area contributed by atoms with E-state index in [4.69, 9.17) is 4.74 Å². The molecule has 1 aliphatic carbocycles. The second-order valence-electron chi connectivity index (χ2n) is 5.34. The van der Waals surface area contributed by atoms with E-state index >= 15 is 0 Å². The van der Waals surface area contributed by atoms with Crippen LogP contribution >= 0.6 is 0 Å². The number of H-pyrrole nitrogens is 1. The molecular formula is C17H19NO2. The van der Waals surface area contributed by atoms with Crippen LogP contribution in [0.5, 0.6) is 0 Å². The van der Waals surface area contributed by atoms with E-state index in [2.05, 4.69) is 30.1 Å². The Morgan fingerprint density at radius 2 is 2.15 bits per heavy atom. The maximum atomic E-state index is 12.1. The molecule has 0 fully saturated rings. The minimum atomic E-state index is -0.290. The Balaban J connectivity index is 2.28. The average Bonchev–Trinajstić information content (AvgIpc) is 2.88. The molecular weight excluding hydrogens is 250 g/mol. The van der Waals surface area contributed by atoms with E-state index < -0.39 is 0 Å². The molecule has 3 nitrogen and oxygen atoms in total. The van der Waals surface area contributed by atoms with Crippen molar-refractivity contribution in [2.75, 3.05) is 7.11 Å².